The Balaban J connectivity index is 1.65. The monoisotopic (exact) mass is 323 g/mol. The predicted octanol–water partition coefficient (Wildman–Crippen LogP) is 3.63. The summed E-state index contributed by atoms with van der Waals surface area (Å²) in [4.78, 5) is 26.6. The number of urea groups is 1. The quantitative estimate of drug-likeness (QED) is 0.906. The Hall–Kier alpha value is -2.82. The average molecular weight is 323 g/mol. The molecule has 0 bridgehead atoms. The van der Waals surface area contributed by atoms with Gasteiger partial charge in [0.15, 0.2) is 0 Å². The van der Waals surface area contributed by atoms with Gasteiger partial charge in [-0.3, -0.25) is 4.79 Å². The van der Waals surface area contributed by atoms with Crippen molar-refractivity contribution in [2.45, 2.75) is 25.8 Å². The molecule has 0 saturated carbocycles. The number of aryl methyl sites for hydroxylation is 1. The first-order chi connectivity index (χ1) is 11.6. The number of anilines is 2. The SMILES string of the molecule is Cc1ccc(NC(=O)N2CCC[C@H]2C(=O)Nc2ccccc2)cc1. The summed E-state index contributed by atoms with van der Waals surface area (Å²) >= 11 is 0. The van der Waals surface area contributed by atoms with E-state index in [0.717, 1.165) is 23.4 Å². The molecule has 0 aromatic heterocycles. The summed E-state index contributed by atoms with van der Waals surface area (Å²) in [5, 5.41) is 5.75. The fourth-order valence-electron chi connectivity index (χ4n) is 2.86. The molecule has 1 saturated heterocycles. The molecule has 2 aromatic rings. The first-order valence-corrected chi connectivity index (χ1v) is 8.14. The molecule has 1 heterocycles. The molecule has 2 aromatic carbocycles. The molecule has 1 aliphatic heterocycles. The van der Waals surface area contributed by atoms with Crippen LogP contribution in [0.2, 0.25) is 0 Å². The number of hydrogen-bond acceptors (Lipinski definition) is 2. The molecular formula is C19H21N3O2. The van der Waals surface area contributed by atoms with E-state index >= 15 is 0 Å². The molecule has 24 heavy (non-hydrogen) atoms. The van der Waals surface area contributed by atoms with Crippen LogP contribution < -0.4 is 10.6 Å². The van der Waals surface area contributed by atoms with Crippen molar-refractivity contribution in [1.29, 1.82) is 0 Å². The fraction of sp³-hybridized carbons (Fsp3) is 0.263. The molecule has 1 atom stereocenters. The van der Waals surface area contributed by atoms with E-state index < -0.39 is 6.04 Å². The Kier molecular flexibility index (Phi) is 4.79. The third kappa shape index (κ3) is 3.74. The highest BCUT2D eigenvalue weighted by Gasteiger charge is 2.34. The number of likely N-dealkylation sites (tertiary alicyclic amines) is 1. The van der Waals surface area contributed by atoms with Gasteiger partial charge in [0.25, 0.3) is 0 Å². The molecule has 3 rings (SSSR count). The highest BCUT2D eigenvalue weighted by atomic mass is 16.2. The summed E-state index contributed by atoms with van der Waals surface area (Å²) in [5.74, 6) is -0.141. The molecule has 1 fully saturated rings. The minimum absolute atomic E-state index is 0.141. The molecule has 5 heteroatoms. The Morgan fingerprint density at radius 3 is 2.33 bits per heavy atom. The van der Waals surface area contributed by atoms with Crippen LogP contribution in [-0.2, 0) is 4.79 Å². The van der Waals surface area contributed by atoms with Crippen LogP contribution in [0.5, 0.6) is 0 Å². The third-order valence-electron chi connectivity index (χ3n) is 4.16. The number of nitrogens with zero attached hydrogens (tertiary/aromatic N) is 1. The third-order valence-corrected chi connectivity index (χ3v) is 4.16. The molecule has 0 unspecified atom stereocenters. The van der Waals surface area contributed by atoms with Crippen LogP contribution in [0.1, 0.15) is 18.4 Å². The molecule has 0 aliphatic carbocycles. The zero-order valence-corrected chi connectivity index (χ0v) is 13.7. The van der Waals surface area contributed by atoms with Crippen LogP contribution in [0, 0.1) is 6.92 Å². The normalized spacial score (nSPS) is 16.7. The second-order valence-electron chi connectivity index (χ2n) is 6.00. The Morgan fingerprint density at radius 1 is 0.958 bits per heavy atom. The van der Waals surface area contributed by atoms with Gasteiger partial charge in [0.05, 0.1) is 0 Å². The van der Waals surface area contributed by atoms with Gasteiger partial charge in [-0.2, -0.15) is 0 Å². The maximum atomic E-state index is 12.5. The lowest BCUT2D eigenvalue weighted by atomic mass is 10.2. The maximum absolute atomic E-state index is 12.5. The highest BCUT2D eigenvalue weighted by molar-refractivity contribution is 5.99. The van der Waals surface area contributed by atoms with Gasteiger partial charge < -0.3 is 15.5 Å². The van der Waals surface area contributed by atoms with Gasteiger partial charge in [0, 0.05) is 17.9 Å². The summed E-state index contributed by atoms with van der Waals surface area (Å²) in [6, 6.07) is 16.3. The molecule has 1 aliphatic rings. The van der Waals surface area contributed by atoms with Crippen LogP contribution in [0.15, 0.2) is 54.6 Å². The smallest absolute Gasteiger partial charge is 0.322 e. The molecular weight excluding hydrogens is 302 g/mol. The number of nitrogens with one attached hydrogen (secondary N) is 2. The number of amides is 3. The second kappa shape index (κ2) is 7.17. The van der Waals surface area contributed by atoms with Gasteiger partial charge in [-0.15, -0.1) is 0 Å². The van der Waals surface area contributed by atoms with Crippen molar-refractivity contribution >= 4 is 23.3 Å². The van der Waals surface area contributed by atoms with E-state index in [0.29, 0.717) is 13.0 Å². The average Bonchev–Trinajstić information content (AvgIpc) is 3.08. The second-order valence-corrected chi connectivity index (χ2v) is 6.00. The van der Waals surface area contributed by atoms with E-state index in [1.54, 1.807) is 4.90 Å². The molecule has 0 radical (unpaired) electrons. The van der Waals surface area contributed by atoms with E-state index in [1.165, 1.54) is 0 Å². The lowest BCUT2D eigenvalue weighted by molar-refractivity contribution is -0.119. The van der Waals surface area contributed by atoms with Gasteiger partial charge in [-0.1, -0.05) is 35.9 Å². The van der Waals surface area contributed by atoms with E-state index in [1.807, 2.05) is 61.5 Å². The van der Waals surface area contributed by atoms with Gasteiger partial charge >= 0.3 is 6.03 Å². The van der Waals surface area contributed by atoms with Crippen molar-refractivity contribution in [3.05, 3.63) is 60.2 Å². The molecule has 0 spiro atoms. The first-order valence-electron chi connectivity index (χ1n) is 8.14. The van der Waals surface area contributed by atoms with Crippen molar-refractivity contribution in [2.75, 3.05) is 17.2 Å². The van der Waals surface area contributed by atoms with Gasteiger partial charge in [-0.25, -0.2) is 4.79 Å². The topological polar surface area (TPSA) is 61.4 Å². The molecule has 124 valence electrons. The zero-order chi connectivity index (χ0) is 16.9. The zero-order valence-electron chi connectivity index (χ0n) is 13.7. The van der Waals surface area contributed by atoms with Crippen molar-refractivity contribution in [3.8, 4) is 0 Å². The summed E-state index contributed by atoms with van der Waals surface area (Å²) in [6.45, 7) is 2.58. The van der Waals surface area contributed by atoms with E-state index in [4.69, 9.17) is 0 Å². The minimum atomic E-state index is -0.435. The number of carbonyl (C=O) groups is 2. The number of para-hydroxylation sites is 1. The van der Waals surface area contributed by atoms with Crippen LogP contribution in [0.25, 0.3) is 0 Å². The van der Waals surface area contributed by atoms with Crippen molar-refractivity contribution in [1.82, 2.24) is 4.90 Å². The van der Waals surface area contributed by atoms with Crippen molar-refractivity contribution in [2.24, 2.45) is 0 Å². The fourth-order valence-corrected chi connectivity index (χ4v) is 2.86. The lowest BCUT2D eigenvalue weighted by Crippen LogP contribution is -2.45. The van der Waals surface area contributed by atoms with Crippen molar-refractivity contribution in [3.63, 3.8) is 0 Å². The first kappa shape index (κ1) is 16.1. The largest absolute Gasteiger partial charge is 0.324 e. The van der Waals surface area contributed by atoms with Gasteiger partial charge in [-0.05, 0) is 44.0 Å². The molecule has 3 amide bonds. The van der Waals surface area contributed by atoms with Crippen molar-refractivity contribution < 1.29 is 9.59 Å². The predicted molar refractivity (Wildman–Crippen MR) is 95.0 cm³/mol. The summed E-state index contributed by atoms with van der Waals surface area (Å²) in [6.07, 6.45) is 1.51. The summed E-state index contributed by atoms with van der Waals surface area (Å²) in [7, 11) is 0. The summed E-state index contributed by atoms with van der Waals surface area (Å²) in [5.41, 5.74) is 2.61. The minimum Gasteiger partial charge on any atom is -0.324 e. The lowest BCUT2D eigenvalue weighted by Gasteiger charge is -2.24. The standard InChI is InChI=1S/C19H21N3O2/c1-14-9-11-16(12-10-14)21-19(24)22-13-5-8-17(22)18(23)20-15-6-3-2-4-7-15/h2-4,6-7,9-12,17H,5,8,13H2,1H3,(H,20,23)(H,21,24)/t17-/m0/s1. The summed E-state index contributed by atoms with van der Waals surface area (Å²) < 4.78 is 0. The van der Waals surface area contributed by atoms with E-state index in [-0.39, 0.29) is 11.9 Å². The molecule has 2 N–H and O–H groups in total. The number of carbonyl (C=O) groups excluding carboxylic acids is 2. The number of rotatable bonds is 3. The Morgan fingerprint density at radius 2 is 1.62 bits per heavy atom. The number of benzene rings is 2. The molecule has 5 nitrogen and oxygen atoms in total. The van der Waals surface area contributed by atoms with Crippen LogP contribution >= 0.6 is 0 Å². The Labute approximate surface area is 141 Å². The van der Waals surface area contributed by atoms with Crippen LogP contribution in [-0.4, -0.2) is 29.4 Å². The maximum Gasteiger partial charge on any atom is 0.322 e. The van der Waals surface area contributed by atoms with Gasteiger partial charge in [0.1, 0.15) is 6.04 Å². The van der Waals surface area contributed by atoms with Gasteiger partial charge in [0.2, 0.25) is 5.91 Å². The van der Waals surface area contributed by atoms with Crippen LogP contribution in [0.4, 0.5) is 16.2 Å². The van der Waals surface area contributed by atoms with E-state index in [9.17, 15) is 9.59 Å². The Bertz CT molecular complexity index is 713. The number of hydrogen-bond donors (Lipinski definition) is 2. The van der Waals surface area contributed by atoms with E-state index in [2.05, 4.69) is 10.6 Å². The highest BCUT2D eigenvalue weighted by Crippen LogP contribution is 2.21. The van der Waals surface area contributed by atoms with Crippen LogP contribution in [0.3, 0.4) is 0 Å².